The van der Waals surface area contributed by atoms with E-state index in [-0.39, 0.29) is 32.7 Å². The molecule has 4 aromatic carbocycles. The van der Waals surface area contributed by atoms with Crippen molar-refractivity contribution >= 4 is 17.1 Å². The molecule has 0 unspecified atom stereocenters. The molecular weight excluding hydrogens is 415 g/mol. The van der Waals surface area contributed by atoms with Crippen molar-refractivity contribution in [2.75, 3.05) is 4.90 Å². The van der Waals surface area contributed by atoms with Gasteiger partial charge in [0.15, 0.2) is 0 Å². The summed E-state index contributed by atoms with van der Waals surface area (Å²) in [5, 5.41) is 0. The number of benzene rings is 4. The van der Waals surface area contributed by atoms with Gasteiger partial charge in [0.05, 0.1) is 0 Å². The SMILES string of the molecule is Cc1ccc(-c2c[c-]c(N(c3[c-]ccc(C)c3)c3ccccc3)cc2)cc1.[Y]. The van der Waals surface area contributed by atoms with Gasteiger partial charge in [-0.05, 0) is 19.1 Å². The largest absolute Gasteiger partial charge is 0.358 e. The number of aryl methyl sites for hydroxylation is 2. The van der Waals surface area contributed by atoms with Gasteiger partial charge in [-0.3, -0.25) is 0 Å². The molecule has 0 bridgehead atoms. The normalized spacial score (nSPS) is 10.2. The molecule has 1 nitrogen and oxygen atoms in total. The third-order valence-corrected chi connectivity index (χ3v) is 4.62. The Morgan fingerprint density at radius 2 is 1.36 bits per heavy atom. The first-order chi connectivity index (χ1) is 13.2. The molecule has 28 heavy (non-hydrogen) atoms. The van der Waals surface area contributed by atoms with Crippen LogP contribution in [0.3, 0.4) is 0 Å². The van der Waals surface area contributed by atoms with Crippen molar-refractivity contribution in [2.45, 2.75) is 13.8 Å². The second kappa shape index (κ2) is 9.32. The van der Waals surface area contributed by atoms with Crippen LogP contribution in [0.4, 0.5) is 17.1 Å². The van der Waals surface area contributed by atoms with Crippen molar-refractivity contribution in [3.63, 3.8) is 0 Å². The molecule has 0 spiro atoms. The third kappa shape index (κ3) is 4.60. The van der Waals surface area contributed by atoms with Gasteiger partial charge < -0.3 is 4.90 Å². The Morgan fingerprint density at radius 3 is 2.00 bits per heavy atom. The molecule has 0 aliphatic carbocycles. The van der Waals surface area contributed by atoms with E-state index < -0.39 is 0 Å². The zero-order valence-electron chi connectivity index (χ0n) is 16.2. The van der Waals surface area contributed by atoms with E-state index >= 15 is 0 Å². The maximum absolute atomic E-state index is 3.47. The molecule has 0 amide bonds. The fourth-order valence-corrected chi connectivity index (χ4v) is 3.16. The Kier molecular flexibility index (Phi) is 6.83. The third-order valence-electron chi connectivity index (χ3n) is 4.62. The van der Waals surface area contributed by atoms with Crippen LogP contribution < -0.4 is 4.90 Å². The van der Waals surface area contributed by atoms with Gasteiger partial charge in [-0.15, -0.1) is 17.7 Å². The minimum absolute atomic E-state index is 0. The fraction of sp³-hybridized carbons (Fsp3) is 0.0769. The van der Waals surface area contributed by atoms with E-state index in [2.05, 4.69) is 110 Å². The second-order valence-electron chi connectivity index (χ2n) is 6.75. The van der Waals surface area contributed by atoms with Gasteiger partial charge in [-0.25, -0.2) is 0 Å². The fourth-order valence-electron chi connectivity index (χ4n) is 3.16. The standard InChI is InChI=1S/C26H21N.Y/c1-20-11-13-22(14-12-20)23-15-17-25(18-16-23)27(24-8-4-3-5-9-24)26-10-6-7-21(2)19-26;/h3-9,11-17,19H,1-2H3;/q-2;. The molecule has 0 aliphatic rings. The molecule has 0 N–H and O–H groups in total. The molecule has 2 heteroatoms. The van der Waals surface area contributed by atoms with Gasteiger partial charge >= 0.3 is 0 Å². The summed E-state index contributed by atoms with van der Waals surface area (Å²) >= 11 is 0. The molecule has 4 rings (SSSR count). The average molecular weight is 436 g/mol. The first-order valence-corrected chi connectivity index (χ1v) is 9.13. The summed E-state index contributed by atoms with van der Waals surface area (Å²) in [6, 6.07) is 38.3. The molecule has 135 valence electrons. The van der Waals surface area contributed by atoms with Crippen molar-refractivity contribution in [1.29, 1.82) is 0 Å². The van der Waals surface area contributed by atoms with Crippen LogP contribution in [0.2, 0.25) is 0 Å². The summed E-state index contributed by atoms with van der Waals surface area (Å²) in [6.45, 7) is 4.21. The Morgan fingerprint density at radius 1 is 0.643 bits per heavy atom. The van der Waals surface area contributed by atoms with E-state index in [1.54, 1.807) is 0 Å². The van der Waals surface area contributed by atoms with Crippen LogP contribution in [0.15, 0.2) is 91.0 Å². The zero-order valence-corrected chi connectivity index (χ0v) is 19.0. The van der Waals surface area contributed by atoms with Gasteiger partial charge in [0, 0.05) is 38.4 Å². The van der Waals surface area contributed by atoms with Crippen LogP contribution in [-0.2, 0) is 32.7 Å². The van der Waals surface area contributed by atoms with E-state index in [0.29, 0.717) is 0 Å². The smallest absolute Gasteiger partial charge is 0.0418 e. The number of para-hydroxylation sites is 1. The quantitative estimate of drug-likeness (QED) is 0.310. The minimum atomic E-state index is 0. The molecule has 0 saturated heterocycles. The maximum atomic E-state index is 3.47. The van der Waals surface area contributed by atoms with Crippen LogP contribution in [0.5, 0.6) is 0 Å². The van der Waals surface area contributed by atoms with Crippen molar-refractivity contribution in [2.24, 2.45) is 0 Å². The van der Waals surface area contributed by atoms with Crippen molar-refractivity contribution in [3.8, 4) is 11.1 Å². The second-order valence-corrected chi connectivity index (χ2v) is 6.75. The number of hydrogen-bond acceptors (Lipinski definition) is 1. The summed E-state index contributed by atoms with van der Waals surface area (Å²) in [7, 11) is 0. The molecule has 0 aromatic heterocycles. The Balaban J connectivity index is 0.00000225. The predicted molar refractivity (Wildman–Crippen MR) is 114 cm³/mol. The summed E-state index contributed by atoms with van der Waals surface area (Å²) in [6.07, 6.45) is 0. The van der Waals surface area contributed by atoms with Crippen LogP contribution >= 0.6 is 0 Å². The van der Waals surface area contributed by atoms with Crippen LogP contribution in [0.1, 0.15) is 11.1 Å². The van der Waals surface area contributed by atoms with Gasteiger partial charge in [0.1, 0.15) is 0 Å². The topological polar surface area (TPSA) is 3.24 Å². The van der Waals surface area contributed by atoms with Crippen molar-refractivity contribution in [1.82, 2.24) is 0 Å². The zero-order chi connectivity index (χ0) is 18.6. The van der Waals surface area contributed by atoms with E-state index in [4.69, 9.17) is 0 Å². The number of anilines is 3. The summed E-state index contributed by atoms with van der Waals surface area (Å²) < 4.78 is 0. The summed E-state index contributed by atoms with van der Waals surface area (Å²) in [5.74, 6) is 0. The molecule has 0 heterocycles. The van der Waals surface area contributed by atoms with Crippen molar-refractivity contribution < 1.29 is 32.7 Å². The van der Waals surface area contributed by atoms with E-state index in [0.717, 1.165) is 17.1 Å². The van der Waals surface area contributed by atoms with E-state index in [1.165, 1.54) is 22.3 Å². The summed E-state index contributed by atoms with van der Waals surface area (Å²) in [4.78, 5) is 2.19. The minimum Gasteiger partial charge on any atom is -0.358 e. The molecule has 0 fully saturated rings. The predicted octanol–water partition coefficient (Wildman–Crippen LogP) is 7.04. The van der Waals surface area contributed by atoms with Gasteiger partial charge in [-0.2, -0.15) is 42.0 Å². The van der Waals surface area contributed by atoms with Crippen LogP contribution in [0, 0.1) is 26.0 Å². The molecule has 0 atom stereocenters. The van der Waals surface area contributed by atoms with E-state index in [9.17, 15) is 0 Å². The number of nitrogens with zero attached hydrogens (tertiary/aromatic N) is 1. The average Bonchev–Trinajstić information content (AvgIpc) is 2.70. The molecular formula is C26H21NY-2. The Labute approximate surface area is 192 Å². The summed E-state index contributed by atoms with van der Waals surface area (Å²) in [5.41, 5.74) is 7.96. The van der Waals surface area contributed by atoms with Gasteiger partial charge in [0.25, 0.3) is 0 Å². The number of hydrogen-bond donors (Lipinski definition) is 0. The van der Waals surface area contributed by atoms with E-state index in [1.807, 2.05) is 12.1 Å². The van der Waals surface area contributed by atoms with Crippen LogP contribution in [0.25, 0.3) is 11.1 Å². The number of rotatable bonds is 4. The molecule has 0 saturated carbocycles. The molecule has 0 aliphatic heterocycles. The Hall–Kier alpha value is -2.22. The van der Waals surface area contributed by atoms with Crippen LogP contribution in [-0.4, -0.2) is 0 Å². The monoisotopic (exact) mass is 436 g/mol. The first kappa shape index (κ1) is 20.5. The Bertz CT molecular complexity index is 1020. The van der Waals surface area contributed by atoms with Gasteiger partial charge in [0.2, 0.25) is 0 Å². The first-order valence-electron chi connectivity index (χ1n) is 9.13. The van der Waals surface area contributed by atoms with Gasteiger partial charge in [-0.1, -0.05) is 71.9 Å². The maximum Gasteiger partial charge on any atom is 0.0418 e. The molecule has 1 radical (unpaired) electrons. The molecule has 4 aromatic rings. The van der Waals surface area contributed by atoms with Crippen molar-refractivity contribution in [3.05, 3.63) is 114 Å².